The number of nitrogens with two attached hydrogens (primary N) is 1. The summed E-state index contributed by atoms with van der Waals surface area (Å²) in [6.07, 6.45) is 2.37. The lowest BCUT2D eigenvalue weighted by Crippen LogP contribution is -2.36. The van der Waals surface area contributed by atoms with Crippen LogP contribution in [-0.2, 0) is 9.59 Å². The van der Waals surface area contributed by atoms with E-state index in [0.717, 1.165) is 30.6 Å². The lowest BCUT2D eigenvalue weighted by molar-refractivity contribution is -0.123. The molecule has 0 spiro atoms. The minimum absolute atomic E-state index is 0.0527. The summed E-state index contributed by atoms with van der Waals surface area (Å²) in [6, 6.07) is 12.5. The summed E-state index contributed by atoms with van der Waals surface area (Å²) >= 11 is 0. The van der Waals surface area contributed by atoms with Gasteiger partial charge in [0.2, 0.25) is 5.91 Å². The van der Waals surface area contributed by atoms with E-state index in [2.05, 4.69) is 5.32 Å². The van der Waals surface area contributed by atoms with Crippen molar-refractivity contribution < 1.29 is 14.3 Å². The van der Waals surface area contributed by atoms with E-state index < -0.39 is 6.10 Å². The van der Waals surface area contributed by atoms with Gasteiger partial charge < -0.3 is 20.7 Å². The van der Waals surface area contributed by atoms with Gasteiger partial charge in [0, 0.05) is 29.9 Å². The van der Waals surface area contributed by atoms with Crippen molar-refractivity contribution in [3.8, 4) is 5.75 Å². The minimum atomic E-state index is -0.694. The maximum atomic E-state index is 13.1. The van der Waals surface area contributed by atoms with Crippen molar-refractivity contribution in [3.63, 3.8) is 0 Å². The van der Waals surface area contributed by atoms with Crippen LogP contribution in [0.5, 0.6) is 5.75 Å². The third-order valence-corrected chi connectivity index (χ3v) is 5.48. The Balaban J connectivity index is 1.74. The Morgan fingerprint density at radius 3 is 2.66 bits per heavy atom. The van der Waals surface area contributed by atoms with Gasteiger partial charge in [0.25, 0.3) is 5.91 Å². The Bertz CT molecular complexity index is 1000. The average molecular weight is 437 g/mol. The van der Waals surface area contributed by atoms with Crippen molar-refractivity contribution >= 4 is 29.0 Å². The van der Waals surface area contributed by atoms with Crippen LogP contribution in [0.15, 0.2) is 42.5 Å². The molecule has 1 atom stereocenters. The summed E-state index contributed by atoms with van der Waals surface area (Å²) in [4.78, 5) is 27.1. The van der Waals surface area contributed by atoms with Gasteiger partial charge in [-0.1, -0.05) is 26.0 Å². The van der Waals surface area contributed by atoms with Crippen LogP contribution >= 0.6 is 0 Å². The first kappa shape index (κ1) is 23.3. The second kappa shape index (κ2) is 10.3. The molecule has 7 heteroatoms. The molecule has 0 aliphatic carbocycles. The molecule has 1 fully saturated rings. The molecule has 0 saturated carbocycles. The Morgan fingerprint density at radius 2 is 2.00 bits per heavy atom. The van der Waals surface area contributed by atoms with Gasteiger partial charge in [-0.25, -0.2) is 0 Å². The number of amides is 2. The van der Waals surface area contributed by atoms with Gasteiger partial charge in [0.1, 0.15) is 11.6 Å². The first-order valence-corrected chi connectivity index (χ1v) is 11.1. The van der Waals surface area contributed by atoms with E-state index in [1.54, 1.807) is 24.3 Å². The smallest absolute Gasteiger partial charge is 0.265 e. The van der Waals surface area contributed by atoms with Gasteiger partial charge in [-0.3, -0.25) is 15.0 Å². The van der Waals surface area contributed by atoms with Crippen LogP contribution in [0, 0.1) is 18.3 Å². The summed E-state index contributed by atoms with van der Waals surface area (Å²) in [5.74, 6) is 0.593. The molecule has 1 unspecified atom stereocenters. The number of hydrogen-bond donors (Lipinski definition) is 3. The third kappa shape index (κ3) is 5.87. The predicted molar refractivity (Wildman–Crippen MR) is 127 cm³/mol. The summed E-state index contributed by atoms with van der Waals surface area (Å²) < 4.78 is 6.00. The van der Waals surface area contributed by atoms with E-state index in [0.29, 0.717) is 29.8 Å². The Kier molecular flexibility index (Phi) is 7.51. The fourth-order valence-electron chi connectivity index (χ4n) is 3.86. The lowest BCUT2D eigenvalue weighted by Gasteiger charge is -2.28. The average Bonchev–Trinajstić information content (AvgIpc) is 2.74. The largest absolute Gasteiger partial charge is 0.481 e. The van der Waals surface area contributed by atoms with Crippen molar-refractivity contribution in [1.29, 1.82) is 5.41 Å². The Labute approximate surface area is 189 Å². The number of ether oxygens (including phenoxy) is 1. The molecule has 7 nitrogen and oxygen atoms in total. The number of hydrogen-bond acceptors (Lipinski definition) is 4. The monoisotopic (exact) mass is 436 g/mol. The molecule has 1 aliphatic rings. The summed E-state index contributed by atoms with van der Waals surface area (Å²) in [6.45, 7) is 6.74. The SMILES string of the molecule is Cc1cc(NC(=O)C(CC(C)C)Oc2cccc(C(=N)N)c2)ccc1N1CCCCC1=O. The van der Waals surface area contributed by atoms with E-state index >= 15 is 0 Å². The maximum absolute atomic E-state index is 13.1. The van der Waals surface area contributed by atoms with Crippen LogP contribution in [0.4, 0.5) is 11.4 Å². The lowest BCUT2D eigenvalue weighted by atomic mass is 10.0. The molecule has 4 N–H and O–H groups in total. The first-order valence-electron chi connectivity index (χ1n) is 11.1. The molecule has 32 heavy (non-hydrogen) atoms. The zero-order chi connectivity index (χ0) is 23.3. The number of piperidine rings is 1. The number of amidine groups is 1. The fraction of sp³-hybridized carbons (Fsp3) is 0.400. The number of aryl methyl sites for hydroxylation is 1. The van der Waals surface area contributed by atoms with Gasteiger partial charge in [-0.2, -0.15) is 0 Å². The van der Waals surface area contributed by atoms with E-state index in [1.807, 2.05) is 43.9 Å². The fourth-order valence-corrected chi connectivity index (χ4v) is 3.86. The molecule has 0 bridgehead atoms. The van der Waals surface area contributed by atoms with Crippen LogP contribution in [0.3, 0.4) is 0 Å². The molecular weight excluding hydrogens is 404 g/mol. The van der Waals surface area contributed by atoms with Crippen LogP contribution in [0.2, 0.25) is 0 Å². The summed E-state index contributed by atoms with van der Waals surface area (Å²) in [5, 5.41) is 10.6. The normalized spacial score (nSPS) is 14.9. The molecule has 3 rings (SSSR count). The van der Waals surface area contributed by atoms with Gasteiger partial charge in [0.15, 0.2) is 6.10 Å². The molecule has 0 aromatic heterocycles. The number of nitrogens with one attached hydrogen (secondary N) is 2. The zero-order valence-corrected chi connectivity index (χ0v) is 19.0. The Morgan fingerprint density at radius 1 is 1.22 bits per heavy atom. The van der Waals surface area contributed by atoms with Crippen LogP contribution < -0.4 is 20.7 Å². The maximum Gasteiger partial charge on any atom is 0.265 e. The highest BCUT2D eigenvalue weighted by Crippen LogP contribution is 2.27. The highest BCUT2D eigenvalue weighted by molar-refractivity contribution is 5.97. The second-order valence-electron chi connectivity index (χ2n) is 8.67. The molecule has 0 radical (unpaired) electrons. The highest BCUT2D eigenvalue weighted by atomic mass is 16.5. The molecule has 2 aromatic rings. The molecular formula is C25H32N4O3. The minimum Gasteiger partial charge on any atom is -0.481 e. The second-order valence-corrected chi connectivity index (χ2v) is 8.67. The van der Waals surface area contributed by atoms with Crippen molar-refractivity contribution in [1.82, 2.24) is 0 Å². The molecule has 1 aliphatic heterocycles. The number of nitrogen functional groups attached to an aromatic ring is 1. The molecule has 1 heterocycles. The van der Waals surface area contributed by atoms with Crippen LogP contribution in [-0.4, -0.2) is 30.3 Å². The van der Waals surface area contributed by atoms with E-state index in [1.165, 1.54) is 0 Å². The highest BCUT2D eigenvalue weighted by Gasteiger charge is 2.24. The number of carbonyl (C=O) groups is 2. The quantitative estimate of drug-likeness (QED) is 0.425. The molecule has 1 saturated heterocycles. The number of carbonyl (C=O) groups excluding carboxylic acids is 2. The van der Waals surface area contributed by atoms with E-state index in [9.17, 15) is 9.59 Å². The summed E-state index contributed by atoms with van der Waals surface area (Å²) in [7, 11) is 0. The van der Waals surface area contributed by atoms with Gasteiger partial charge in [-0.05, 0) is 68.0 Å². The van der Waals surface area contributed by atoms with Crippen LogP contribution in [0.1, 0.15) is 50.7 Å². The predicted octanol–water partition coefficient (Wildman–Crippen LogP) is 4.23. The van der Waals surface area contributed by atoms with Crippen molar-refractivity contribution in [2.75, 3.05) is 16.8 Å². The Hall–Kier alpha value is -3.35. The number of nitrogens with zero attached hydrogens (tertiary/aromatic N) is 1. The van der Waals surface area contributed by atoms with E-state index in [4.69, 9.17) is 15.9 Å². The molecule has 170 valence electrons. The summed E-state index contributed by atoms with van der Waals surface area (Å²) in [5.41, 5.74) is 8.61. The van der Waals surface area contributed by atoms with Gasteiger partial charge >= 0.3 is 0 Å². The number of rotatable bonds is 8. The first-order chi connectivity index (χ1) is 15.2. The van der Waals surface area contributed by atoms with Crippen molar-refractivity contribution in [2.45, 2.75) is 52.6 Å². The topological polar surface area (TPSA) is 109 Å². The van der Waals surface area contributed by atoms with Crippen LogP contribution in [0.25, 0.3) is 0 Å². The zero-order valence-electron chi connectivity index (χ0n) is 19.0. The standard InChI is InChI=1S/C25H32N4O3/c1-16(2)13-22(32-20-8-6-7-18(15-20)24(26)27)25(31)28-19-10-11-21(17(3)14-19)29-12-5-4-9-23(29)30/h6-8,10-11,14-16,22H,4-5,9,12-13H2,1-3H3,(H3,26,27)(H,28,31). The molecule has 2 aromatic carbocycles. The number of benzene rings is 2. The molecule has 2 amide bonds. The van der Waals surface area contributed by atoms with Crippen molar-refractivity contribution in [3.05, 3.63) is 53.6 Å². The van der Waals surface area contributed by atoms with Gasteiger partial charge in [0.05, 0.1) is 0 Å². The van der Waals surface area contributed by atoms with Crippen molar-refractivity contribution in [2.24, 2.45) is 11.7 Å². The third-order valence-electron chi connectivity index (χ3n) is 5.48. The van der Waals surface area contributed by atoms with Gasteiger partial charge in [-0.15, -0.1) is 0 Å². The van der Waals surface area contributed by atoms with E-state index in [-0.39, 0.29) is 23.6 Å². The number of anilines is 2.